The molecule has 1 aromatic carbocycles. The number of hydrogen-bond acceptors (Lipinski definition) is 26. The molecule has 1 aromatic rings. The number of cyclic esters (lactones) is 2. The number of ether oxygens (including phenoxy) is 4. The molecule has 8 aliphatic heterocycles. The van der Waals surface area contributed by atoms with Crippen molar-refractivity contribution in [2.75, 3.05) is 80.4 Å². The van der Waals surface area contributed by atoms with Crippen LogP contribution in [-0.4, -0.2) is 281 Å². The molecule has 11 N–H and O–H groups in total. The summed E-state index contributed by atoms with van der Waals surface area (Å²) in [5.41, 5.74) is 14.2. The fraction of sp³-hybridized carbons (Fsp3) is 0.597. The molecule has 0 unspecified atom stereocenters. The van der Waals surface area contributed by atoms with Gasteiger partial charge in [0.15, 0.2) is 17.1 Å². The number of carbonyl (C=O) groups excluding carboxylic acids is 15. The topological polar surface area (TPSA) is 507 Å². The molecule has 10 aliphatic rings. The van der Waals surface area contributed by atoms with Gasteiger partial charge in [0.1, 0.15) is 78.4 Å². The number of amides is 11. The number of aryl methyl sites for hydroxylation is 1. The van der Waals surface area contributed by atoms with E-state index in [9.17, 15) is 67.1 Å². The van der Waals surface area contributed by atoms with Gasteiger partial charge in [-0.05, 0) is 95.6 Å². The number of nitrogens with two attached hydrogens (primary N) is 3. The normalized spacial score (nSPS) is 28.4. The molecule has 114 heavy (non-hydrogen) atoms. The second kappa shape index (κ2) is 33.1. The van der Waals surface area contributed by atoms with Gasteiger partial charge in [-0.3, -0.25) is 62.3 Å². The fourth-order valence-corrected chi connectivity index (χ4v) is 16.6. The summed E-state index contributed by atoms with van der Waals surface area (Å²) >= 11 is 0. The third-order valence-corrected chi connectivity index (χ3v) is 23.0. The number of nitrogens with one attached hydrogen (secondary N) is 5. The molecular formula is C77H104N16O21. The molecule has 2 aliphatic carbocycles. The van der Waals surface area contributed by atoms with Crippen LogP contribution < -0.4 is 49.2 Å². The number of benzene rings is 2. The van der Waals surface area contributed by atoms with Crippen LogP contribution in [0.3, 0.4) is 0 Å². The lowest BCUT2D eigenvalue weighted by Gasteiger charge is -2.39. The molecule has 11 rings (SSSR count). The number of fused-ring (bicyclic) bond motifs is 8. The number of anilines is 1. The Morgan fingerprint density at radius 1 is 0.667 bits per heavy atom. The maximum absolute atomic E-state index is 15.2. The molecule has 618 valence electrons. The Bertz CT molecular complexity index is 4610. The van der Waals surface area contributed by atoms with Gasteiger partial charge in [-0.1, -0.05) is 61.5 Å². The van der Waals surface area contributed by atoms with Crippen molar-refractivity contribution in [3.05, 3.63) is 67.2 Å². The zero-order valence-corrected chi connectivity index (χ0v) is 67.4. The van der Waals surface area contributed by atoms with Crippen molar-refractivity contribution < 1.29 is 95.3 Å². The third kappa shape index (κ3) is 15.6. The van der Waals surface area contributed by atoms with E-state index < -0.39 is 214 Å². The van der Waals surface area contributed by atoms with E-state index in [0.29, 0.717) is 30.6 Å². The molecule has 37 nitrogen and oxygen atoms in total. The number of nitrogen functional groups attached to an aromatic ring is 1. The Labute approximate surface area is 658 Å². The molecule has 37 heteroatoms. The number of nitrogens with zero attached hydrogens (tertiary/aromatic N) is 8. The molecule has 0 saturated carbocycles. The molecule has 11 amide bonds. The summed E-state index contributed by atoms with van der Waals surface area (Å²) in [6, 6.07) is -7.79. The van der Waals surface area contributed by atoms with Crippen molar-refractivity contribution in [3.63, 3.8) is 0 Å². The quantitative estimate of drug-likeness (QED) is 0.0287. The van der Waals surface area contributed by atoms with Gasteiger partial charge in [0.25, 0.3) is 11.8 Å². The summed E-state index contributed by atoms with van der Waals surface area (Å²) in [7, 11) is 7.10. The van der Waals surface area contributed by atoms with Crippen LogP contribution in [0.15, 0.2) is 43.9 Å². The van der Waals surface area contributed by atoms with E-state index in [0.717, 1.165) is 9.80 Å². The number of primary amides is 1. The van der Waals surface area contributed by atoms with Crippen molar-refractivity contribution >= 4 is 105 Å². The molecular weight excluding hydrogens is 1480 g/mol. The standard InChI is InChI=1S/C62H86N12O16.C15H18N4O5/c1-27(2)42-59(84)73-23-17-19-36(73)57(82)69(13)25-38(75)71(15)48(29(5)6)61(86)88-33(11)44(55(80)65-42)67-53(78)35-22-21-31(9)51-46(35)64-47-40(41(63)50(77)32(10)52(47)90-51)54(79)68-45-34(12)89-62(87)49(30(7)8)72(16)39(76)26-70(14)58(83)37-20-18-24-74(37)60(85)43(28(3)4)66-56(45)81;1-5-9(16)12(21)8-6(4-24-14(17)22)15(23-2)13-7(18-13)3-19(15)10(8)11(5)20/h21-22,27-30,33-34,36-37,42-45,48-49H,17-20,23-26,63H2,1-16H3,(H,65,80)(H,66,81)(H,67,78)(H,68,79);6-7,13,18H,3-4,16H2,1-2H3,(H2,17,22)/t33-,34-,36+,37+,42-,43-,44+,45+,48+,49+;6-,7+,13+,15-/m11/s1. The molecule has 0 aromatic heterocycles. The zero-order chi connectivity index (χ0) is 84.4. The maximum atomic E-state index is 15.2. The van der Waals surface area contributed by atoms with E-state index in [1.165, 1.54) is 94.7 Å². The van der Waals surface area contributed by atoms with Crippen LogP contribution in [0.2, 0.25) is 0 Å². The average molecular weight is 1590 g/mol. The number of ketones is 2. The average Bonchev–Trinajstić information content (AvgIpc) is 1.50. The zero-order valence-electron chi connectivity index (χ0n) is 67.4. The van der Waals surface area contributed by atoms with Gasteiger partial charge < -0.3 is 101 Å². The molecule has 0 spiro atoms. The number of Topliss-reactive ketones (excluding diaryl/α,β-unsaturated/α-hetero) is 2. The van der Waals surface area contributed by atoms with Gasteiger partial charge >= 0.3 is 18.0 Å². The van der Waals surface area contributed by atoms with Crippen molar-refractivity contribution in [1.29, 1.82) is 0 Å². The Morgan fingerprint density at radius 3 is 1.61 bits per heavy atom. The summed E-state index contributed by atoms with van der Waals surface area (Å²) in [6.45, 7) is 20.3. The van der Waals surface area contributed by atoms with E-state index in [1.807, 2.05) is 4.90 Å². The lowest BCUT2D eigenvalue weighted by molar-refractivity contribution is -0.163. The van der Waals surface area contributed by atoms with Crippen molar-refractivity contribution in [2.24, 2.45) is 41.1 Å². The smallest absolute Gasteiger partial charge is 0.404 e. The highest BCUT2D eigenvalue weighted by molar-refractivity contribution is 6.25. The first-order valence-corrected chi connectivity index (χ1v) is 38.2. The largest absolute Gasteiger partial charge is 0.458 e. The van der Waals surface area contributed by atoms with E-state index in [2.05, 4.69) is 26.6 Å². The molecule has 8 heterocycles. The number of hydrogen-bond donors (Lipinski definition) is 8. The van der Waals surface area contributed by atoms with Crippen molar-refractivity contribution in [2.45, 2.75) is 194 Å². The van der Waals surface area contributed by atoms with Gasteiger partial charge in [-0.25, -0.2) is 19.4 Å². The minimum atomic E-state index is -1.88. The summed E-state index contributed by atoms with van der Waals surface area (Å²) in [5, 5.41) is 14.0. The highest BCUT2D eigenvalue weighted by atomic mass is 16.6. The van der Waals surface area contributed by atoms with E-state index >= 15 is 9.59 Å². The molecule has 0 bridgehead atoms. The van der Waals surface area contributed by atoms with Crippen molar-refractivity contribution in [3.8, 4) is 11.5 Å². The number of carbonyl (C=O) groups is 15. The lowest BCUT2D eigenvalue weighted by atomic mass is 9.82. The Kier molecular flexibility index (Phi) is 24.8. The van der Waals surface area contributed by atoms with E-state index in [-0.39, 0.29) is 95.2 Å². The second-order valence-corrected chi connectivity index (χ2v) is 32.0. The first-order valence-electron chi connectivity index (χ1n) is 38.2. The van der Waals surface area contributed by atoms with Crippen molar-refractivity contribution in [1.82, 2.24) is 65.9 Å². The van der Waals surface area contributed by atoms with Gasteiger partial charge in [0.05, 0.1) is 53.3 Å². The van der Waals surface area contributed by atoms with Crippen LogP contribution in [0.25, 0.3) is 22.6 Å². The Morgan fingerprint density at radius 2 is 1.15 bits per heavy atom. The minimum absolute atomic E-state index is 0.0586. The monoisotopic (exact) mass is 1590 g/mol. The van der Waals surface area contributed by atoms with Crippen LogP contribution in [0.1, 0.15) is 134 Å². The summed E-state index contributed by atoms with van der Waals surface area (Å²) in [6.07, 6.45) is -2.60. The number of allylic oxidation sites excluding steroid dienone is 2. The number of esters is 2. The van der Waals surface area contributed by atoms with Crippen LogP contribution in [0.4, 0.5) is 10.5 Å². The van der Waals surface area contributed by atoms with Crippen LogP contribution in [0, 0.1) is 43.4 Å². The SMILES string of the molecule is CO[C@@]12[C@H](COC(N)=O)C3=C(C(=O)C(C)=C(N)C3=O)N1C[C@@H]1N[C@@H]12.Cc1c2oc3c(C)ccc(C(=O)N[C@@H]4C(=O)N[C@H](C(C)C)C(=O)N5CCC[C@H]5C(=O)N(C)CC(=O)N(C)[C@@H](C(C)C)C(=O)O[C@@H]4C)c3nc-2c(C(=O)N[C@@H]2C(=O)N[C@H](C(C)C)C(=O)N3CCC[C@H]3C(=O)N(C)CC(=O)N(C)[C@@H](C(C)C)C(=O)O[C@@H]2C)c(N)c1=O. The number of aromatic nitrogens is 1. The van der Waals surface area contributed by atoms with Crippen LogP contribution in [-0.2, 0) is 76.5 Å². The first kappa shape index (κ1) is 85.3. The molecule has 6 saturated heterocycles. The second-order valence-electron chi connectivity index (χ2n) is 32.0. The van der Waals surface area contributed by atoms with Gasteiger partial charge in [0.2, 0.25) is 64.3 Å². The predicted octanol–water partition coefficient (Wildman–Crippen LogP) is -0.926. The van der Waals surface area contributed by atoms with Gasteiger partial charge in [-0.2, -0.15) is 0 Å². The Balaban J connectivity index is 0.000000481. The first-order chi connectivity index (χ1) is 53.4. The third-order valence-electron chi connectivity index (χ3n) is 23.0. The fourth-order valence-electron chi connectivity index (χ4n) is 16.6. The van der Waals surface area contributed by atoms with Crippen LogP contribution >= 0.6 is 0 Å². The summed E-state index contributed by atoms with van der Waals surface area (Å²) < 4.78 is 29.1. The molecule has 6 fully saturated rings. The molecule has 0 radical (unpaired) electrons. The van der Waals surface area contributed by atoms with Gasteiger partial charge in [-0.15, -0.1) is 0 Å². The predicted molar refractivity (Wildman–Crippen MR) is 406 cm³/mol. The molecule has 14 atom stereocenters. The van der Waals surface area contributed by atoms with Crippen LogP contribution in [0.5, 0.6) is 0 Å². The van der Waals surface area contributed by atoms with E-state index in [1.54, 1.807) is 62.3 Å². The number of piperazine rings is 1. The number of rotatable bonds is 11. The summed E-state index contributed by atoms with van der Waals surface area (Å²) in [5.74, 6) is -13.7. The number of likely N-dealkylation sites (N-methyl/N-ethyl adjacent to an activating group) is 4. The van der Waals surface area contributed by atoms with E-state index in [4.69, 9.17) is 45.5 Å². The maximum Gasteiger partial charge on any atom is 0.404 e. The van der Waals surface area contributed by atoms with Gasteiger partial charge in [0, 0.05) is 77.7 Å². The highest BCUT2D eigenvalue weighted by Crippen LogP contribution is 2.56. The Hall–Kier alpha value is -11.1. The highest BCUT2D eigenvalue weighted by Gasteiger charge is 2.73. The lowest BCUT2D eigenvalue weighted by Crippen LogP contribution is -2.61. The summed E-state index contributed by atoms with van der Waals surface area (Å²) in [4.78, 5) is 238. The number of methoxy groups -OCH3 is 1. The minimum Gasteiger partial charge on any atom is -0.458 e.